The Labute approximate surface area is 314 Å². The summed E-state index contributed by atoms with van der Waals surface area (Å²) >= 11 is -0.450. The summed E-state index contributed by atoms with van der Waals surface area (Å²) in [6.07, 6.45) is -1.44. The summed E-state index contributed by atoms with van der Waals surface area (Å²) in [4.78, 5) is 51.3. The molecule has 0 heterocycles. The van der Waals surface area contributed by atoms with Crippen LogP contribution in [0.2, 0.25) is 9.63 Å². The van der Waals surface area contributed by atoms with Gasteiger partial charge in [-0.25, -0.2) is 0 Å². The van der Waals surface area contributed by atoms with Crippen LogP contribution in [0.3, 0.4) is 0 Å². The summed E-state index contributed by atoms with van der Waals surface area (Å²) in [5.41, 5.74) is 8.80. The van der Waals surface area contributed by atoms with E-state index >= 15 is 0 Å². The Kier molecular flexibility index (Phi) is 12.0. The number of alkyl carbamates (subject to hydrolysis) is 2. The molecule has 0 saturated carbocycles. The molecular weight excluding hydrogens is 794 g/mol. The maximum absolute atomic E-state index is 13.1. The molecule has 0 fully saturated rings. The minimum atomic E-state index is -0.957. The Balaban J connectivity index is 1.03. The Morgan fingerprint density at radius 1 is 0.538 bits per heavy atom. The molecule has 4 aromatic rings. The van der Waals surface area contributed by atoms with Gasteiger partial charge in [-0.1, -0.05) is 0 Å². The van der Waals surface area contributed by atoms with Crippen molar-refractivity contribution in [2.75, 3.05) is 27.4 Å². The molecule has 2 N–H and O–H groups in total. The van der Waals surface area contributed by atoms with Crippen LogP contribution in [-0.4, -0.2) is 89.9 Å². The first-order valence-electron chi connectivity index (χ1n) is 16.9. The van der Waals surface area contributed by atoms with E-state index in [1.807, 2.05) is 86.6 Å². The van der Waals surface area contributed by atoms with Crippen molar-refractivity contribution in [2.45, 2.75) is 47.4 Å². The van der Waals surface area contributed by atoms with Crippen LogP contribution in [0, 0.1) is 0 Å². The fourth-order valence-electron chi connectivity index (χ4n) is 6.81. The van der Waals surface area contributed by atoms with Gasteiger partial charge >= 0.3 is 316 Å². The van der Waals surface area contributed by atoms with Gasteiger partial charge in [0.1, 0.15) is 0 Å². The van der Waals surface area contributed by atoms with Gasteiger partial charge in [0.25, 0.3) is 0 Å². The van der Waals surface area contributed by atoms with E-state index in [2.05, 4.69) is 34.9 Å². The second kappa shape index (κ2) is 16.8. The number of nitrogens with one attached hydrogen (secondary N) is 2. The molecule has 12 heteroatoms. The number of carbonyl (C=O) groups excluding carboxylic acids is 4. The minimum absolute atomic E-state index is 0.108. The van der Waals surface area contributed by atoms with Crippen molar-refractivity contribution < 1.29 is 38.1 Å². The van der Waals surface area contributed by atoms with Crippen molar-refractivity contribution in [2.24, 2.45) is 0 Å². The van der Waals surface area contributed by atoms with E-state index in [-0.39, 0.29) is 60.9 Å². The fraction of sp³-hybridized carbons (Fsp3) is 0.300. The number of carbonyl (C=O) groups is 4. The standard InChI is InChI=1S/C40H40N2O8Se2/c1-23(35(37(43)47-3)41-39(45)49-21-33-29-17-9-5-13-25(29)26-14-6-10-18-30(26)33)51-52-24(2)36(38(44)48-4)42-40(46)50-22-34-31-19-11-7-15-27(31)28-16-8-12-20-32(28)34/h5-20,23-24,33-36H,21-22H2,1-4H3,(H,41,45)(H,42,46)/t23-,24-,35-,36-/m0/s1. The van der Waals surface area contributed by atoms with Crippen LogP contribution in [-0.2, 0) is 28.5 Å². The summed E-state index contributed by atoms with van der Waals surface area (Å²) in [6.45, 7) is 3.92. The third kappa shape index (κ3) is 7.91. The molecule has 2 aliphatic rings. The second-order valence-electron chi connectivity index (χ2n) is 12.5. The van der Waals surface area contributed by atoms with Crippen molar-refractivity contribution in [3.05, 3.63) is 119 Å². The van der Waals surface area contributed by atoms with E-state index in [1.54, 1.807) is 0 Å². The topological polar surface area (TPSA) is 129 Å². The number of hydrogen-bond acceptors (Lipinski definition) is 8. The number of fused-ring (bicyclic) bond motifs is 6. The zero-order chi connectivity index (χ0) is 36.8. The number of hydrogen-bond donors (Lipinski definition) is 2. The molecule has 2 amide bonds. The van der Waals surface area contributed by atoms with Gasteiger partial charge in [0.15, 0.2) is 0 Å². The molecule has 4 aromatic carbocycles. The molecule has 0 spiro atoms. The normalized spacial score (nSPS) is 15.1. The van der Waals surface area contributed by atoms with Crippen molar-refractivity contribution in [3.63, 3.8) is 0 Å². The third-order valence-corrected chi connectivity index (χ3v) is 19.9. The van der Waals surface area contributed by atoms with E-state index in [0.717, 1.165) is 44.5 Å². The predicted octanol–water partition coefficient (Wildman–Crippen LogP) is 6.09. The summed E-state index contributed by atoms with van der Waals surface area (Å²) in [7, 11) is 2.54. The first-order valence-corrected chi connectivity index (χ1v) is 23.2. The van der Waals surface area contributed by atoms with Crippen LogP contribution in [0.1, 0.15) is 47.9 Å². The van der Waals surface area contributed by atoms with Gasteiger partial charge in [0.2, 0.25) is 0 Å². The number of esters is 2. The molecule has 0 aromatic heterocycles. The molecule has 6 rings (SSSR count). The summed E-state index contributed by atoms with van der Waals surface area (Å²) in [5.74, 6) is -1.43. The van der Waals surface area contributed by atoms with Gasteiger partial charge in [-0.3, -0.25) is 0 Å². The zero-order valence-electron chi connectivity index (χ0n) is 29.2. The molecule has 4 atom stereocenters. The molecule has 10 nitrogen and oxygen atoms in total. The Morgan fingerprint density at radius 3 is 1.12 bits per heavy atom. The van der Waals surface area contributed by atoms with Crippen LogP contribution in [0.4, 0.5) is 9.59 Å². The molecular formula is C40H40N2O8Se2. The Bertz CT molecular complexity index is 1720. The monoisotopic (exact) mass is 836 g/mol. The van der Waals surface area contributed by atoms with Crippen LogP contribution in [0.25, 0.3) is 22.3 Å². The van der Waals surface area contributed by atoms with E-state index in [0.29, 0.717) is 0 Å². The van der Waals surface area contributed by atoms with Crippen LogP contribution < -0.4 is 10.6 Å². The quantitative estimate of drug-likeness (QED) is 0.0942. The van der Waals surface area contributed by atoms with Gasteiger partial charge < -0.3 is 0 Å². The average Bonchev–Trinajstić information content (AvgIpc) is 3.67. The molecule has 270 valence electrons. The SMILES string of the molecule is COC(=O)[C@@H](NC(=O)OCC1c2ccccc2-c2ccccc21)[C@H](C)[Se][Se][C@@H](C)[C@H](NC(=O)OCC1c2ccccc2-c2ccccc21)C(=O)OC. The predicted molar refractivity (Wildman–Crippen MR) is 198 cm³/mol. The molecule has 0 unspecified atom stereocenters. The van der Waals surface area contributed by atoms with Crippen molar-refractivity contribution in [1.82, 2.24) is 10.6 Å². The first kappa shape index (κ1) is 37.2. The van der Waals surface area contributed by atoms with E-state index in [1.165, 1.54) is 14.2 Å². The zero-order valence-corrected chi connectivity index (χ0v) is 32.6. The first-order chi connectivity index (χ1) is 25.2. The molecule has 0 bridgehead atoms. The summed E-state index contributed by atoms with van der Waals surface area (Å²) in [6, 6.07) is 30.3. The van der Waals surface area contributed by atoms with Crippen LogP contribution >= 0.6 is 0 Å². The number of benzene rings is 4. The van der Waals surface area contributed by atoms with Gasteiger partial charge in [0.05, 0.1) is 0 Å². The van der Waals surface area contributed by atoms with E-state index in [4.69, 9.17) is 18.9 Å². The van der Waals surface area contributed by atoms with Crippen molar-refractivity contribution in [1.29, 1.82) is 0 Å². The van der Waals surface area contributed by atoms with E-state index < -0.39 is 36.2 Å². The van der Waals surface area contributed by atoms with Crippen molar-refractivity contribution >= 4 is 50.4 Å². The Morgan fingerprint density at radius 2 is 0.827 bits per heavy atom. The maximum atomic E-state index is 13.1. The van der Waals surface area contributed by atoms with Gasteiger partial charge in [-0.05, 0) is 0 Å². The molecule has 0 aliphatic heterocycles. The average molecular weight is 835 g/mol. The number of ether oxygens (including phenoxy) is 4. The Hall–Kier alpha value is -4.60. The van der Waals surface area contributed by atoms with Gasteiger partial charge in [-0.2, -0.15) is 0 Å². The fourth-order valence-corrected chi connectivity index (χ4v) is 15.0. The third-order valence-electron chi connectivity index (χ3n) is 9.44. The van der Waals surface area contributed by atoms with Crippen LogP contribution in [0.5, 0.6) is 0 Å². The van der Waals surface area contributed by atoms with Gasteiger partial charge in [0, 0.05) is 0 Å². The summed E-state index contributed by atoms with van der Waals surface area (Å²) in [5, 5.41) is 5.45. The molecule has 0 radical (unpaired) electrons. The molecule has 2 aliphatic carbocycles. The number of methoxy groups -OCH3 is 2. The number of rotatable bonds is 13. The number of amides is 2. The van der Waals surface area contributed by atoms with Crippen molar-refractivity contribution in [3.8, 4) is 22.3 Å². The molecule has 0 saturated heterocycles. The van der Waals surface area contributed by atoms with Gasteiger partial charge in [-0.15, -0.1) is 0 Å². The molecule has 52 heavy (non-hydrogen) atoms. The second-order valence-corrected chi connectivity index (χ2v) is 20.7. The summed E-state index contributed by atoms with van der Waals surface area (Å²) < 4.78 is 21.5. The van der Waals surface area contributed by atoms with Crippen LogP contribution in [0.15, 0.2) is 97.1 Å². The van der Waals surface area contributed by atoms with E-state index in [9.17, 15) is 19.2 Å².